The monoisotopic (exact) mass is 228 g/mol. The van der Waals surface area contributed by atoms with Crippen molar-refractivity contribution < 1.29 is 4.52 Å². The molecular formula is C14H16N2O. The van der Waals surface area contributed by atoms with Crippen LogP contribution in [0.1, 0.15) is 24.0 Å². The van der Waals surface area contributed by atoms with Gasteiger partial charge >= 0.3 is 0 Å². The van der Waals surface area contributed by atoms with Crippen molar-refractivity contribution in [1.82, 2.24) is 5.16 Å². The highest BCUT2D eigenvalue weighted by Crippen LogP contribution is 2.31. The van der Waals surface area contributed by atoms with Crippen LogP contribution in [0, 0.1) is 6.92 Å². The smallest absolute Gasteiger partial charge is 0.228 e. The van der Waals surface area contributed by atoms with E-state index >= 15 is 0 Å². The lowest BCUT2D eigenvalue weighted by Gasteiger charge is -2.01. The van der Waals surface area contributed by atoms with Crippen LogP contribution in [-0.2, 0) is 6.42 Å². The van der Waals surface area contributed by atoms with Crippen molar-refractivity contribution in [1.29, 1.82) is 0 Å². The number of aryl methyl sites for hydroxylation is 1. The first-order chi connectivity index (χ1) is 8.34. The van der Waals surface area contributed by atoms with Gasteiger partial charge in [-0.15, -0.1) is 0 Å². The van der Waals surface area contributed by atoms with Crippen LogP contribution in [0.3, 0.4) is 0 Å². The van der Waals surface area contributed by atoms with E-state index < -0.39 is 0 Å². The zero-order valence-corrected chi connectivity index (χ0v) is 9.99. The summed E-state index contributed by atoms with van der Waals surface area (Å²) < 4.78 is 5.39. The number of hydrogen-bond acceptors (Lipinski definition) is 3. The van der Waals surface area contributed by atoms with Crippen molar-refractivity contribution in [2.24, 2.45) is 0 Å². The first-order valence-electron chi connectivity index (χ1n) is 6.14. The summed E-state index contributed by atoms with van der Waals surface area (Å²) in [4.78, 5) is 0. The number of fused-ring (bicyclic) bond motifs is 1. The van der Waals surface area contributed by atoms with Gasteiger partial charge in [-0.2, -0.15) is 0 Å². The van der Waals surface area contributed by atoms with Gasteiger partial charge in [0.05, 0.1) is 0 Å². The average molecular weight is 228 g/mol. The quantitative estimate of drug-likeness (QED) is 0.813. The zero-order chi connectivity index (χ0) is 11.7. The molecule has 2 heterocycles. The molecule has 0 spiro atoms. The molecule has 0 saturated carbocycles. The number of nitrogens with zero attached hydrogens (tertiary/aromatic N) is 1. The van der Waals surface area contributed by atoms with E-state index in [1.165, 1.54) is 24.0 Å². The van der Waals surface area contributed by atoms with Gasteiger partial charge in [0.15, 0.2) is 0 Å². The van der Waals surface area contributed by atoms with E-state index in [-0.39, 0.29) is 0 Å². The fraction of sp³-hybridized carbons (Fsp3) is 0.357. The lowest BCUT2D eigenvalue weighted by Crippen LogP contribution is -1.97. The Hall–Kier alpha value is -1.77. The Kier molecular flexibility index (Phi) is 2.59. The Morgan fingerprint density at radius 3 is 2.82 bits per heavy atom. The molecule has 2 aromatic rings. The largest absolute Gasteiger partial charge is 0.354 e. The number of hydrogen-bond donors (Lipinski definition) is 1. The average Bonchev–Trinajstić information content (AvgIpc) is 2.60. The predicted octanol–water partition coefficient (Wildman–Crippen LogP) is 3.40. The molecule has 0 unspecified atom stereocenters. The highest BCUT2D eigenvalue weighted by Gasteiger charge is 2.18. The van der Waals surface area contributed by atoms with E-state index in [0.29, 0.717) is 0 Å². The maximum absolute atomic E-state index is 5.39. The maximum Gasteiger partial charge on any atom is 0.228 e. The fourth-order valence-corrected chi connectivity index (χ4v) is 2.25. The Labute approximate surface area is 101 Å². The second-order valence-electron chi connectivity index (χ2n) is 4.59. The molecule has 0 atom stereocenters. The molecule has 3 nitrogen and oxygen atoms in total. The van der Waals surface area contributed by atoms with Crippen LogP contribution in [0.5, 0.6) is 0 Å². The maximum atomic E-state index is 5.39. The normalized spacial score (nSPS) is 14.9. The Morgan fingerprint density at radius 2 is 2.00 bits per heavy atom. The van der Waals surface area contributed by atoms with E-state index in [1.807, 2.05) is 0 Å². The summed E-state index contributed by atoms with van der Waals surface area (Å²) in [6.07, 6.45) is 3.44. The van der Waals surface area contributed by atoms with Crippen LogP contribution in [0.15, 0.2) is 28.8 Å². The third kappa shape index (κ3) is 1.93. The third-order valence-electron chi connectivity index (χ3n) is 3.25. The van der Waals surface area contributed by atoms with E-state index in [9.17, 15) is 0 Å². The minimum atomic E-state index is 0.859. The van der Waals surface area contributed by atoms with Gasteiger partial charge in [0, 0.05) is 17.7 Å². The van der Waals surface area contributed by atoms with Gasteiger partial charge in [-0.1, -0.05) is 35.0 Å². The van der Waals surface area contributed by atoms with Crippen LogP contribution in [0.25, 0.3) is 11.3 Å². The summed E-state index contributed by atoms with van der Waals surface area (Å²) in [6, 6.07) is 8.44. The number of aromatic nitrogens is 1. The van der Waals surface area contributed by atoms with E-state index in [0.717, 1.165) is 30.1 Å². The zero-order valence-electron chi connectivity index (χ0n) is 9.99. The Balaban J connectivity index is 2.03. The van der Waals surface area contributed by atoms with Crippen LogP contribution in [-0.4, -0.2) is 11.7 Å². The molecule has 0 bridgehead atoms. The molecule has 3 heteroatoms. The predicted molar refractivity (Wildman–Crippen MR) is 68.1 cm³/mol. The number of nitrogens with one attached hydrogen (secondary N) is 1. The van der Waals surface area contributed by atoms with Crippen LogP contribution in [0.4, 0.5) is 5.88 Å². The topological polar surface area (TPSA) is 38.1 Å². The standard InChI is InChI=1S/C14H16N2O/c1-10-5-7-11(8-6-10)13-12-4-2-3-9-15-14(12)17-16-13/h5-8,15H,2-4,9H2,1H3. The van der Waals surface area contributed by atoms with Gasteiger partial charge in [-0.25, -0.2) is 0 Å². The van der Waals surface area contributed by atoms with E-state index in [1.54, 1.807) is 0 Å². The molecule has 88 valence electrons. The number of rotatable bonds is 1. The van der Waals surface area contributed by atoms with Crippen molar-refractivity contribution >= 4 is 5.88 Å². The van der Waals surface area contributed by atoms with Gasteiger partial charge in [0.25, 0.3) is 0 Å². The van der Waals surface area contributed by atoms with Gasteiger partial charge in [0.1, 0.15) is 5.69 Å². The molecule has 1 aliphatic heterocycles. The minimum Gasteiger partial charge on any atom is -0.354 e. The summed E-state index contributed by atoms with van der Waals surface area (Å²) in [7, 11) is 0. The molecule has 0 saturated heterocycles. The van der Waals surface area contributed by atoms with Gasteiger partial charge in [0.2, 0.25) is 5.88 Å². The molecule has 0 fully saturated rings. The second kappa shape index (κ2) is 4.24. The molecule has 17 heavy (non-hydrogen) atoms. The van der Waals surface area contributed by atoms with Crippen LogP contribution < -0.4 is 5.32 Å². The first-order valence-corrected chi connectivity index (χ1v) is 6.14. The van der Waals surface area contributed by atoms with Gasteiger partial charge in [-0.3, -0.25) is 0 Å². The molecule has 1 N–H and O–H groups in total. The van der Waals surface area contributed by atoms with Gasteiger partial charge in [-0.05, 0) is 26.2 Å². The minimum absolute atomic E-state index is 0.859. The molecule has 3 rings (SSSR count). The van der Waals surface area contributed by atoms with Crippen LogP contribution in [0.2, 0.25) is 0 Å². The highest BCUT2D eigenvalue weighted by atomic mass is 16.5. The second-order valence-corrected chi connectivity index (χ2v) is 4.59. The Morgan fingerprint density at radius 1 is 1.18 bits per heavy atom. The summed E-state index contributed by atoms with van der Waals surface area (Å²) in [5, 5.41) is 7.50. The SMILES string of the molecule is Cc1ccc(-c2noc3c2CCCCN3)cc1. The highest BCUT2D eigenvalue weighted by molar-refractivity contribution is 5.68. The summed E-state index contributed by atoms with van der Waals surface area (Å²) in [5.41, 5.74) is 4.63. The van der Waals surface area contributed by atoms with E-state index in [2.05, 4.69) is 41.7 Å². The molecule has 1 aliphatic rings. The van der Waals surface area contributed by atoms with Crippen molar-refractivity contribution in [2.75, 3.05) is 11.9 Å². The lowest BCUT2D eigenvalue weighted by atomic mass is 10.0. The third-order valence-corrected chi connectivity index (χ3v) is 3.25. The summed E-state index contributed by atoms with van der Waals surface area (Å²) in [5.74, 6) is 0.859. The Bertz CT molecular complexity index is 514. The molecule has 0 radical (unpaired) electrons. The molecule has 0 amide bonds. The summed E-state index contributed by atoms with van der Waals surface area (Å²) >= 11 is 0. The van der Waals surface area contributed by atoms with Gasteiger partial charge < -0.3 is 9.84 Å². The van der Waals surface area contributed by atoms with E-state index in [4.69, 9.17) is 4.52 Å². The van der Waals surface area contributed by atoms with Crippen molar-refractivity contribution in [3.63, 3.8) is 0 Å². The van der Waals surface area contributed by atoms with Crippen molar-refractivity contribution in [3.05, 3.63) is 35.4 Å². The molecule has 1 aromatic heterocycles. The lowest BCUT2D eigenvalue weighted by molar-refractivity contribution is 0.434. The molecule has 0 aliphatic carbocycles. The number of benzene rings is 1. The van der Waals surface area contributed by atoms with Crippen molar-refractivity contribution in [2.45, 2.75) is 26.2 Å². The fourth-order valence-electron chi connectivity index (χ4n) is 2.25. The number of anilines is 1. The van der Waals surface area contributed by atoms with Crippen molar-refractivity contribution in [3.8, 4) is 11.3 Å². The molecular weight excluding hydrogens is 212 g/mol. The summed E-state index contributed by atoms with van der Waals surface area (Å²) in [6.45, 7) is 3.07. The molecule has 1 aromatic carbocycles. The van der Waals surface area contributed by atoms with Crippen LogP contribution >= 0.6 is 0 Å². The first kappa shape index (κ1) is 10.4.